The van der Waals surface area contributed by atoms with Crippen LogP contribution in [0.4, 0.5) is 0 Å². The summed E-state index contributed by atoms with van der Waals surface area (Å²) < 4.78 is 0. The summed E-state index contributed by atoms with van der Waals surface area (Å²) in [5, 5.41) is 11.7. The Morgan fingerprint density at radius 1 is 1.33 bits per heavy atom. The number of aliphatic hydroxyl groups is 1. The number of hydrogen-bond donors (Lipinski definition) is 2. The number of carbonyl (C=O) groups is 1. The van der Waals surface area contributed by atoms with Crippen molar-refractivity contribution >= 4 is 5.91 Å². The minimum atomic E-state index is -0.0498. The molecule has 0 aromatic heterocycles. The predicted octanol–water partition coefficient (Wildman–Crippen LogP) is 0.726. The zero-order valence-electron chi connectivity index (χ0n) is 8.52. The lowest BCUT2D eigenvalue weighted by atomic mass is 9.96. The average molecular weight is 205 g/mol. The maximum absolute atomic E-state index is 11.5. The Labute approximate surface area is 89.1 Å². The van der Waals surface area contributed by atoms with Crippen molar-refractivity contribution in [3.8, 4) is 0 Å². The number of aliphatic hydroxyl groups excluding tert-OH is 1. The largest absolute Gasteiger partial charge is 0.394 e. The van der Waals surface area contributed by atoms with Crippen LogP contribution in [0.15, 0.2) is 30.3 Å². The zero-order valence-corrected chi connectivity index (χ0v) is 8.52. The van der Waals surface area contributed by atoms with Crippen LogP contribution in [0.3, 0.4) is 0 Å². The van der Waals surface area contributed by atoms with Gasteiger partial charge in [0.1, 0.15) is 0 Å². The predicted molar refractivity (Wildman–Crippen MR) is 57.3 cm³/mol. The van der Waals surface area contributed by atoms with Crippen LogP contribution in [0.25, 0.3) is 0 Å². The second-order valence-corrected chi connectivity index (χ2v) is 4.01. The van der Waals surface area contributed by atoms with Gasteiger partial charge in [-0.25, -0.2) is 0 Å². The van der Waals surface area contributed by atoms with Gasteiger partial charge in [0.2, 0.25) is 5.91 Å². The summed E-state index contributed by atoms with van der Waals surface area (Å²) in [6, 6.07) is 9.93. The third-order valence-electron chi connectivity index (χ3n) is 2.83. The molecule has 1 aliphatic heterocycles. The van der Waals surface area contributed by atoms with Gasteiger partial charge in [0.05, 0.1) is 12.6 Å². The average Bonchev–Trinajstić information content (AvgIpc) is 2.61. The molecule has 1 amide bonds. The van der Waals surface area contributed by atoms with Crippen molar-refractivity contribution in [3.05, 3.63) is 35.9 Å². The summed E-state index contributed by atoms with van der Waals surface area (Å²) in [5.74, 6) is 0.0856. The SMILES string of the molecule is O=C1N[C@@H](CO)C[C@H]1Cc1ccccc1. The van der Waals surface area contributed by atoms with E-state index in [1.165, 1.54) is 5.56 Å². The van der Waals surface area contributed by atoms with Crippen LogP contribution in [0.2, 0.25) is 0 Å². The van der Waals surface area contributed by atoms with E-state index in [0.717, 1.165) is 12.8 Å². The standard InChI is InChI=1S/C12H15NO2/c14-8-11-7-10(12(15)13-11)6-9-4-2-1-3-5-9/h1-5,10-11,14H,6-8H2,(H,13,15)/t10-,11-/m1/s1. The van der Waals surface area contributed by atoms with Gasteiger partial charge in [0, 0.05) is 5.92 Å². The molecule has 0 aliphatic carbocycles. The van der Waals surface area contributed by atoms with E-state index >= 15 is 0 Å². The summed E-state index contributed by atoms with van der Waals surface area (Å²) in [4.78, 5) is 11.5. The summed E-state index contributed by atoms with van der Waals surface area (Å²) >= 11 is 0. The monoisotopic (exact) mass is 205 g/mol. The maximum atomic E-state index is 11.5. The molecule has 0 saturated carbocycles. The summed E-state index contributed by atoms with van der Waals surface area (Å²) in [6.45, 7) is 0.0387. The van der Waals surface area contributed by atoms with E-state index in [0.29, 0.717) is 0 Å². The number of amides is 1. The lowest BCUT2D eigenvalue weighted by Crippen LogP contribution is -2.29. The van der Waals surface area contributed by atoms with Crippen molar-refractivity contribution in [2.24, 2.45) is 5.92 Å². The Bertz CT molecular complexity index is 337. The summed E-state index contributed by atoms with van der Waals surface area (Å²) in [7, 11) is 0. The molecule has 1 heterocycles. The van der Waals surface area contributed by atoms with E-state index in [2.05, 4.69) is 5.32 Å². The molecule has 80 valence electrons. The maximum Gasteiger partial charge on any atom is 0.223 e. The lowest BCUT2D eigenvalue weighted by Gasteiger charge is -2.06. The van der Waals surface area contributed by atoms with Gasteiger partial charge in [-0.1, -0.05) is 30.3 Å². The number of nitrogens with one attached hydrogen (secondary N) is 1. The number of benzene rings is 1. The Hall–Kier alpha value is -1.35. The summed E-state index contributed by atoms with van der Waals surface area (Å²) in [6.07, 6.45) is 1.51. The van der Waals surface area contributed by atoms with E-state index in [4.69, 9.17) is 5.11 Å². The zero-order chi connectivity index (χ0) is 10.7. The Kier molecular flexibility index (Phi) is 3.02. The molecule has 2 atom stereocenters. The van der Waals surface area contributed by atoms with Gasteiger partial charge in [-0.3, -0.25) is 4.79 Å². The van der Waals surface area contributed by atoms with E-state index in [1.54, 1.807) is 0 Å². The molecular weight excluding hydrogens is 190 g/mol. The number of hydrogen-bond acceptors (Lipinski definition) is 2. The normalized spacial score (nSPS) is 25.3. The minimum Gasteiger partial charge on any atom is -0.394 e. The van der Waals surface area contributed by atoms with Gasteiger partial charge in [-0.15, -0.1) is 0 Å². The fraction of sp³-hybridized carbons (Fsp3) is 0.417. The highest BCUT2D eigenvalue weighted by Crippen LogP contribution is 2.19. The van der Waals surface area contributed by atoms with Crippen LogP contribution >= 0.6 is 0 Å². The molecule has 1 aliphatic rings. The molecule has 1 aromatic carbocycles. The second kappa shape index (κ2) is 4.45. The Morgan fingerprint density at radius 3 is 2.67 bits per heavy atom. The van der Waals surface area contributed by atoms with E-state index in [9.17, 15) is 4.79 Å². The number of rotatable bonds is 3. The third-order valence-corrected chi connectivity index (χ3v) is 2.83. The lowest BCUT2D eigenvalue weighted by molar-refractivity contribution is -0.122. The van der Waals surface area contributed by atoms with E-state index in [-0.39, 0.29) is 24.5 Å². The molecule has 0 unspecified atom stereocenters. The fourth-order valence-electron chi connectivity index (χ4n) is 2.02. The molecular formula is C12H15NO2. The molecule has 1 fully saturated rings. The van der Waals surface area contributed by atoms with Crippen molar-refractivity contribution in [2.45, 2.75) is 18.9 Å². The van der Waals surface area contributed by atoms with Crippen molar-refractivity contribution in [1.29, 1.82) is 0 Å². The first-order valence-electron chi connectivity index (χ1n) is 5.24. The molecule has 0 radical (unpaired) electrons. The first-order chi connectivity index (χ1) is 7.29. The minimum absolute atomic E-state index is 0.0181. The van der Waals surface area contributed by atoms with Gasteiger partial charge in [-0.2, -0.15) is 0 Å². The molecule has 15 heavy (non-hydrogen) atoms. The van der Waals surface area contributed by atoms with Gasteiger partial charge < -0.3 is 10.4 Å². The molecule has 2 rings (SSSR count). The van der Waals surface area contributed by atoms with Crippen LogP contribution in [0.1, 0.15) is 12.0 Å². The number of carbonyl (C=O) groups excluding carboxylic acids is 1. The van der Waals surface area contributed by atoms with Gasteiger partial charge in [-0.05, 0) is 18.4 Å². The van der Waals surface area contributed by atoms with E-state index < -0.39 is 0 Å². The first-order valence-corrected chi connectivity index (χ1v) is 5.24. The molecule has 3 nitrogen and oxygen atoms in total. The molecule has 0 bridgehead atoms. The van der Waals surface area contributed by atoms with Crippen LogP contribution in [0.5, 0.6) is 0 Å². The van der Waals surface area contributed by atoms with Gasteiger partial charge >= 0.3 is 0 Å². The van der Waals surface area contributed by atoms with Crippen LogP contribution < -0.4 is 5.32 Å². The first kappa shape index (κ1) is 10.2. The highest BCUT2D eigenvalue weighted by molar-refractivity contribution is 5.81. The summed E-state index contributed by atoms with van der Waals surface area (Å²) in [5.41, 5.74) is 1.18. The van der Waals surface area contributed by atoms with Crippen LogP contribution in [-0.4, -0.2) is 23.7 Å². The third kappa shape index (κ3) is 2.36. The van der Waals surface area contributed by atoms with Crippen molar-refractivity contribution in [3.63, 3.8) is 0 Å². The fourth-order valence-corrected chi connectivity index (χ4v) is 2.02. The van der Waals surface area contributed by atoms with Crippen LogP contribution in [-0.2, 0) is 11.2 Å². The highest BCUT2D eigenvalue weighted by atomic mass is 16.3. The van der Waals surface area contributed by atoms with Crippen LogP contribution in [0, 0.1) is 5.92 Å². The molecule has 1 saturated heterocycles. The molecule has 0 spiro atoms. The molecule has 1 aromatic rings. The topological polar surface area (TPSA) is 49.3 Å². The van der Waals surface area contributed by atoms with E-state index in [1.807, 2.05) is 30.3 Å². The van der Waals surface area contributed by atoms with Gasteiger partial charge in [0.25, 0.3) is 0 Å². The van der Waals surface area contributed by atoms with Crippen molar-refractivity contribution in [2.75, 3.05) is 6.61 Å². The van der Waals surface area contributed by atoms with Crippen molar-refractivity contribution in [1.82, 2.24) is 5.32 Å². The quantitative estimate of drug-likeness (QED) is 0.764. The molecule has 2 N–H and O–H groups in total. The second-order valence-electron chi connectivity index (χ2n) is 4.01. The molecule has 3 heteroatoms. The van der Waals surface area contributed by atoms with Gasteiger partial charge in [0.15, 0.2) is 0 Å². The Morgan fingerprint density at radius 2 is 2.07 bits per heavy atom. The highest BCUT2D eigenvalue weighted by Gasteiger charge is 2.31. The van der Waals surface area contributed by atoms with Crippen molar-refractivity contribution < 1.29 is 9.90 Å². The Balaban J connectivity index is 1.99. The smallest absolute Gasteiger partial charge is 0.223 e.